The summed E-state index contributed by atoms with van der Waals surface area (Å²) in [4.78, 5) is 24.8. The molecule has 0 aliphatic carbocycles. The zero-order chi connectivity index (χ0) is 15.9. The molecule has 0 fully saturated rings. The maximum absolute atomic E-state index is 12.3. The summed E-state index contributed by atoms with van der Waals surface area (Å²) in [6, 6.07) is 13.1. The third-order valence-corrected chi connectivity index (χ3v) is 3.98. The lowest BCUT2D eigenvalue weighted by Crippen LogP contribution is -2.40. The van der Waals surface area contributed by atoms with Crippen molar-refractivity contribution in [1.29, 1.82) is 0 Å². The first kappa shape index (κ1) is 16.2. The first-order valence-electron chi connectivity index (χ1n) is 7.14. The van der Waals surface area contributed by atoms with Gasteiger partial charge in [-0.3, -0.25) is 4.79 Å². The number of hydrogen-bond donors (Lipinski definition) is 1. The minimum atomic E-state index is -0.793. The molecule has 0 unspecified atom stereocenters. The Balaban J connectivity index is 1.95. The molecule has 1 aromatic heterocycles. The summed E-state index contributed by atoms with van der Waals surface area (Å²) in [6.07, 6.45) is -0.793. The third-order valence-electron chi connectivity index (χ3n) is 3.13. The summed E-state index contributed by atoms with van der Waals surface area (Å²) in [5.74, 6) is -0.827. The molecule has 0 spiro atoms. The van der Waals surface area contributed by atoms with Crippen molar-refractivity contribution < 1.29 is 14.3 Å². The monoisotopic (exact) mass is 317 g/mol. The fourth-order valence-corrected chi connectivity index (χ4v) is 2.55. The zero-order valence-electron chi connectivity index (χ0n) is 12.6. The predicted molar refractivity (Wildman–Crippen MR) is 86.6 cm³/mol. The highest BCUT2D eigenvalue weighted by Crippen LogP contribution is 2.15. The van der Waals surface area contributed by atoms with Gasteiger partial charge in [-0.2, -0.15) is 0 Å². The van der Waals surface area contributed by atoms with E-state index in [1.807, 2.05) is 44.2 Å². The summed E-state index contributed by atoms with van der Waals surface area (Å²) >= 11 is 1.30. The average Bonchev–Trinajstić information content (AvgIpc) is 3.05. The van der Waals surface area contributed by atoms with E-state index in [4.69, 9.17) is 4.74 Å². The molecule has 0 radical (unpaired) electrons. The highest BCUT2D eigenvalue weighted by atomic mass is 32.1. The standard InChI is InChI=1S/C17H19NO3S/c1-12(2)15(21-17(20)14-9-6-10-22-14)16(19)18-11-13-7-4-3-5-8-13/h3-10,12,15H,11H2,1-2H3,(H,18,19)/t15-/m0/s1. The smallest absolute Gasteiger partial charge is 0.349 e. The van der Waals surface area contributed by atoms with Gasteiger partial charge in [-0.15, -0.1) is 11.3 Å². The Kier molecular flexibility index (Phi) is 5.72. The third kappa shape index (κ3) is 4.43. The van der Waals surface area contributed by atoms with Gasteiger partial charge in [0, 0.05) is 6.54 Å². The number of carbonyl (C=O) groups is 2. The van der Waals surface area contributed by atoms with Crippen LogP contribution in [0.15, 0.2) is 47.8 Å². The van der Waals surface area contributed by atoms with E-state index in [9.17, 15) is 9.59 Å². The molecule has 0 saturated heterocycles. The zero-order valence-corrected chi connectivity index (χ0v) is 13.4. The Bertz CT molecular complexity index is 608. The van der Waals surface area contributed by atoms with Crippen LogP contribution in [-0.4, -0.2) is 18.0 Å². The SMILES string of the molecule is CC(C)[C@H](OC(=O)c1cccs1)C(=O)NCc1ccccc1. The van der Waals surface area contributed by atoms with Crippen LogP contribution >= 0.6 is 11.3 Å². The fourth-order valence-electron chi connectivity index (χ4n) is 1.95. The normalized spacial score (nSPS) is 12.0. The van der Waals surface area contributed by atoms with E-state index in [0.29, 0.717) is 11.4 Å². The van der Waals surface area contributed by atoms with Gasteiger partial charge in [0.05, 0.1) is 0 Å². The lowest BCUT2D eigenvalue weighted by molar-refractivity contribution is -0.132. The minimum absolute atomic E-state index is 0.0975. The van der Waals surface area contributed by atoms with Crippen molar-refractivity contribution in [2.45, 2.75) is 26.5 Å². The second-order valence-electron chi connectivity index (χ2n) is 5.25. The first-order chi connectivity index (χ1) is 10.6. The number of benzene rings is 1. The van der Waals surface area contributed by atoms with Crippen LogP contribution < -0.4 is 5.32 Å². The molecule has 5 heteroatoms. The van der Waals surface area contributed by atoms with E-state index < -0.39 is 12.1 Å². The van der Waals surface area contributed by atoms with Crippen LogP contribution in [-0.2, 0) is 16.1 Å². The van der Waals surface area contributed by atoms with Crippen molar-refractivity contribution in [3.8, 4) is 0 Å². The lowest BCUT2D eigenvalue weighted by Gasteiger charge is -2.20. The molecule has 22 heavy (non-hydrogen) atoms. The highest BCUT2D eigenvalue weighted by Gasteiger charge is 2.27. The van der Waals surface area contributed by atoms with Gasteiger partial charge in [0.15, 0.2) is 6.10 Å². The first-order valence-corrected chi connectivity index (χ1v) is 8.02. The molecular weight excluding hydrogens is 298 g/mol. The van der Waals surface area contributed by atoms with Crippen LogP contribution in [0.4, 0.5) is 0 Å². The summed E-state index contributed by atoms with van der Waals surface area (Å²) in [5.41, 5.74) is 1.00. The number of ether oxygens (including phenoxy) is 1. The molecule has 0 aliphatic heterocycles. The number of amides is 1. The van der Waals surface area contributed by atoms with Crippen LogP contribution in [0.5, 0.6) is 0 Å². The molecule has 1 amide bonds. The van der Waals surface area contributed by atoms with Crippen LogP contribution in [0.25, 0.3) is 0 Å². The topological polar surface area (TPSA) is 55.4 Å². The van der Waals surface area contributed by atoms with E-state index >= 15 is 0 Å². The molecule has 1 atom stereocenters. The van der Waals surface area contributed by atoms with Gasteiger partial charge in [0.2, 0.25) is 0 Å². The number of nitrogens with one attached hydrogen (secondary N) is 1. The molecular formula is C17H19NO3S. The summed E-state index contributed by atoms with van der Waals surface area (Å²) in [7, 11) is 0. The van der Waals surface area contributed by atoms with E-state index in [1.165, 1.54) is 11.3 Å². The molecule has 0 bridgehead atoms. The van der Waals surface area contributed by atoms with Crippen LogP contribution in [0, 0.1) is 5.92 Å². The van der Waals surface area contributed by atoms with Gasteiger partial charge in [0.25, 0.3) is 5.91 Å². The molecule has 2 rings (SSSR count). The van der Waals surface area contributed by atoms with Gasteiger partial charge in [0.1, 0.15) is 4.88 Å². The Morgan fingerprint density at radius 3 is 2.45 bits per heavy atom. The number of esters is 1. The van der Waals surface area contributed by atoms with E-state index in [2.05, 4.69) is 5.32 Å². The van der Waals surface area contributed by atoms with Gasteiger partial charge in [-0.25, -0.2) is 4.79 Å². The molecule has 116 valence electrons. The second-order valence-corrected chi connectivity index (χ2v) is 6.20. The minimum Gasteiger partial charge on any atom is -0.448 e. The maximum Gasteiger partial charge on any atom is 0.349 e. The average molecular weight is 317 g/mol. The van der Waals surface area contributed by atoms with Crippen LogP contribution in [0.2, 0.25) is 0 Å². The molecule has 1 N–H and O–H groups in total. The van der Waals surface area contributed by atoms with Crippen molar-refractivity contribution in [3.05, 3.63) is 58.3 Å². The highest BCUT2D eigenvalue weighted by molar-refractivity contribution is 7.11. The predicted octanol–water partition coefficient (Wildman–Crippen LogP) is 3.25. The van der Waals surface area contributed by atoms with Crippen LogP contribution in [0.1, 0.15) is 29.1 Å². The molecule has 4 nitrogen and oxygen atoms in total. The largest absolute Gasteiger partial charge is 0.448 e. The van der Waals surface area contributed by atoms with Crippen molar-refractivity contribution in [3.63, 3.8) is 0 Å². The number of hydrogen-bond acceptors (Lipinski definition) is 4. The maximum atomic E-state index is 12.3. The van der Waals surface area contributed by atoms with E-state index in [0.717, 1.165) is 5.56 Å². The number of rotatable bonds is 6. The summed E-state index contributed by atoms with van der Waals surface area (Å²) < 4.78 is 5.37. The van der Waals surface area contributed by atoms with Gasteiger partial charge < -0.3 is 10.1 Å². The van der Waals surface area contributed by atoms with E-state index in [-0.39, 0.29) is 11.8 Å². The Morgan fingerprint density at radius 2 is 1.86 bits per heavy atom. The van der Waals surface area contributed by atoms with Crippen molar-refractivity contribution in [2.75, 3.05) is 0 Å². The van der Waals surface area contributed by atoms with Gasteiger partial charge in [-0.1, -0.05) is 50.2 Å². The second kappa shape index (κ2) is 7.75. The molecule has 0 saturated carbocycles. The molecule has 1 heterocycles. The van der Waals surface area contributed by atoms with Crippen molar-refractivity contribution in [2.24, 2.45) is 5.92 Å². The molecule has 2 aromatic rings. The fraction of sp³-hybridized carbons (Fsp3) is 0.294. The van der Waals surface area contributed by atoms with Gasteiger partial charge in [-0.05, 0) is 22.9 Å². The summed E-state index contributed by atoms with van der Waals surface area (Å²) in [5, 5.41) is 4.62. The Morgan fingerprint density at radius 1 is 1.14 bits per heavy atom. The Hall–Kier alpha value is -2.14. The number of carbonyl (C=O) groups excluding carboxylic acids is 2. The van der Waals surface area contributed by atoms with Gasteiger partial charge >= 0.3 is 5.97 Å². The van der Waals surface area contributed by atoms with Crippen LogP contribution in [0.3, 0.4) is 0 Å². The molecule has 1 aromatic carbocycles. The van der Waals surface area contributed by atoms with E-state index in [1.54, 1.807) is 17.5 Å². The Labute approximate surface area is 134 Å². The molecule has 0 aliphatic rings. The van der Waals surface area contributed by atoms with Crippen molar-refractivity contribution >= 4 is 23.2 Å². The summed E-state index contributed by atoms with van der Waals surface area (Å²) in [6.45, 7) is 4.13. The number of thiophene rings is 1. The quantitative estimate of drug-likeness (QED) is 0.832. The van der Waals surface area contributed by atoms with Crippen molar-refractivity contribution in [1.82, 2.24) is 5.32 Å². The lowest BCUT2D eigenvalue weighted by atomic mass is 10.1.